The summed E-state index contributed by atoms with van der Waals surface area (Å²) >= 11 is 0. The van der Waals surface area contributed by atoms with Crippen molar-refractivity contribution in [1.82, 2.24) is 5.32 Å². The van der Waals surface area contributed by atoms with E-state index in [-0.39, 0.29) is 18.4 Å². The minimum Gasteiger partial charge on any atom is -0.462 e. The summed E-state index contributed by atoms with van der Waals surface area (Å²) in [5.41, 5.74) is 7.30. The molecule has 1 aromatic carbocycles. The number of piperidine rings is 1. The second-order valence-electron chi connectivity index (χ2n) is 6.12. The van der Waals surface area contributed by atoms with Gasteiger partial charge in [0.2, 0.25) is 11.8 Å². The number of nitrogens with zero attached hydrogens (tertiary/aromatic N) is 1. The number of hydrogen-bond acceptors (Lipinski definition) is 5. The maximum atomic E-state index is 14.8. The van der Waals surface area contributed by atoms with Crippen LogP contribution in [0.5, 0.6) is 0 Å². The number of halogens is 1. The molecule has 0 saturated carbocycles. The lowest BCUT2D eigenvalue weighted by molar-refractivity contribution is -0.134. The maximum Gasteiger partial charge on any atom is 0.234 e. The van der Waals surface area contributed by atoms with Gasteiger partial charge in [-0.15, -0.1) is 0 Å². The van der Waals surface area contributed by atoms with Crippen LogP contribution >= 0.6 is 0 Å². The Balaban J connectivity index is 1.81. The van der Waals surface area contributed by atoms with E-state index in [1.54, 1.807) is 6.07 Å². The van der Waals surface area contributed by atoms with Gasteiger partial charge in [0.1, 0.15) is 5.82 Å². The topological polar surface area (TPSA) is 88.6 Å². The van der Waals surface area contributed by atoms with Crippen LogP contribution < -0.4 is 16.0 Å². The average Bonchev–Trinajstić information content (AvgIpc) is 2.94. The number of benzene rings is 1. The molecule has 3 N–H and O–H groups in total. The summed E-state index contributed by atoms with van der Waals surface area (Å²) in [7, 11) is 0. The molecule has 0 aliphatic carbocycles. The lowest BCUT2D eigenvalue weighted by Crippen LogP contribution is -2.56. The van der Waals surface area contributed by atoms with E-state index in [1.807, 2.05) is 4.90 Å². The Hall–Kier alpha value is -2.41. The highest BCUT2D eigenvalue weighted by Crippen LogP contribution is 2.39. The van der Waals surface area contributed by atoms with Crippen LogP contribution in [-0.2, 0) is 9.59 Å². The zero-order valence-corrected chi connectivity index (χ0v) is 12.3. The molecule has 2 aliphatic rings. The van der Waals surface area contributed by atoms with Gasteiger partial charge in [-0.1, -0.05) is 0 Å². The fourth-order valence-electron chi connectivity index (χ4n) is 3.38. The molecular weight excluding hydrogens is 301 g/mol. The van der Waals surface area contributed by atoms with E-state index < -0.39 is 17.6 Å². The minimum absolute atomic E-state index is 0.0814. The van der Waals surface area contributed by atoms with Crippen LogP contribution in [0.1, 0.15) is 24.3 Å². The molecule has 2 aromatic rings. The first kappa shape index (κ1) is 14.2. The highest BCUT2D eigenvalue weighted by molar-refractivity contribution is 6.04. The molecule has 1 atom stereocenters. The van der Waals surface area contributed by atoms with Crippen LogP contribution in [-0.4, -0.2) is 30.9 Å². The van der Waals surface area contributed by atoms with Crippen LogP contribution in [0.25, 0.3) is 11.0 Å². The molecule has 2 amide bonds. The lowest BCUT2D eigenvalue weighted by Gasteiger charge is -2.39. The largest absolute Gasteiger partial charge is 0.462 e. The number of nitrogens with two attached hydrogens (primary N) is 1. The van der Waals surface area contributed by atoms with Crippen LogP contribution in [0.15, 0.2) is 22.8 Å². The number of amides is 2. The molecule has 7 heteroatoms. The number of fused-ring (bicyclic) bond motifs is 1. The van der Waals surface area contributed by atoms with E-state index in [0.29, 0.717) is 41.7 Å². The number of nitrogens with one attached hydrogen (secondary N) is 1. The Morgan fingerprint density at radius 2 is 2.13 bits per heavy atom. The van der Waals surface area contributed by atoms with Gasteiger partial charge < -0.3 is 15.1 Å². The monoisotopic (exact) mass is 317 g/mol. The Kier molecular flexibility index (Phi) is 3.12. The van der Waals surface area contributed by atoms with Gasteiger partial charge in [-0.25, -0.2) is 4.39 Å². The minimum atomic E-state index is -0.680. The molecule has 6 nitrogen and oxygen atoms in total. The second kappa shape index (κ2) is 5.06. The van der Waals surface area contributed by atoms with Crippen molar-refractivity contribution in [3.8, 4) is 0 Å². The fourth-order valence-corrected chi connectivity index (χ4v) is 3.38. The molecule has 2 saturated heterocycles. The molecular formula is C16H16FN3O3. The first-order chi connectivity index (χ1) is 11.0. The summed E-state index contributed by atoms with van der Waals surface area (Å²) < 4.78 is 20.3. The van der Waals surface area contributed by atoms with E-state index >= 15 is 0 Å². The summed E-state index contributed by atoms with van der Waals surface area (Å²) in [6.45, 7) is 1.29. The van der Waals surface area contributed by atoms with Crippen molar-refractivity contribution in [2.45, 2.75) is 24.8 Å². The predicted octanol–water partition coefficient (Wildman–Crippen LogP) is 1.24. The third kappa shape index (κ3) is 2.19. The molecule has 4 rings (SSSR count). The highest BCUT2D eigenvalue weighted by atomic mass is 19.1. The number of carbonyl (C=O) groups excluding carboxylic acids is 2. The van der Waals surface area contributed by atoms with Crippen molar-refractivity contribution in [3.63, 3.8) is 0 Å². The van der Waals surface area contributed by atoms with Crippen molar-refractivity contribution >= 4 is 28.5 Å². The number of rotatable bonds is 2. The van der Waals surface area contributed by atoms with Gasteiger partial charge in [-0.2, -0.15) is 0 Å². The van der Waals surface area contributed by atoms with Gasteiger partial charge in [-0.05, 0) is 12.5 Å². The van der Waals surface area contributed by atoms with Gasteiger partial charge in [0.05, 0.1) is 17.9 Å². The lowest BCUT2D eigenvalue weighted by atomic mass is 9.87. The van der Waals surface area contributed by atoms with Gasteiger partial charge in [0, 0.05) is 42.6 Å². The SMILES string of the molecule is NC1CN(c2cc(F)c([C@H]3CCC(=O)NC3=O)c3ccoc23)C1. The quantitative estimate of drug-likeness (QED) is 0.814. The van der Waals surface area contributed by atoms with Crippen LogP contribution in [0, 0.1) is 5.82 Å². The Bertz CT molecular complexity index is 810. The highest BCUT2D eigenvalue weighted by Gasteiger charge is 2.34. The molecule has 2 aliphatic heterocycles. The normalized spacial score (nSPS) is 22.3. The van der Waals surface area contributed by atoms with Gasteiger partial charge in [-0.3, -0.25) is 14.9 Å². The summed E-state index contributed by atoms with van der Waals surface area (Å²) in [6.07, 6.45) is 2.00. The van der Waals surface area contributed by atoms with E-state index in [9.17, 15) is 14.0 Å². The molecule has 1 aromatic heterocycles. The molecule has 0 bridgehead atoms. The summed E-state index contributed by atoms with van der Waals surface area (Å²) in [5, 5.41) is 2.85. The molecule has 0 radical (unpaired) electrons. The first-order valence-corrected chi connectivity index (χ1v) is 7.58. The van der Waals surface area contributed by atoms with E-state index in [4.69, 9.17) is 10.2 Å². The Morgan fingerprint density at radius 1 is 1.35 bits per heavy atom. The number of furan rings is 1. The zero-order chi connectivity index (χ0) is 16.1. The van der Waals surface area contributed by atoms with E-state index in [2.05, 4.69) is 5.32 Å². The van der Waals surface area contributed by atoms with Crippen molar-refractivity contribution in [2.24, 2.45) is 5.73 Å². The van der Waals surface area contributed by atoms with Crippen LogP contribution in [0.2, 0.25) is 0 Å². The molecule has 0 spiro atoms. The Morgan fingerprint density at radius 3 is 2.83 bits per heavy atom. The summed E-state index contributed by atoms with van der Waals surface area (Å²) in [5.74, 6) is -1.91. The third-order valence-electron chi connectivity index (χ3n) is 4.55. The van der Waals surface area contributed by atoms with Gasteiger partial charge in [0.15, 0.2) is 5.58 Å². The van der Waals surface area contributed by atoms with Crippen LogP contribution in [0.3, 0.4) is 0 Å². The van der Waals surface area contributed by atoms with Gasteiger partial charge in [0.25, 0.3) is 0 Å². The number of anilines is 1. The number of hydrogen-bond donors (Lipinski definition) is 2. The summed E-state index contributed by atoms with van der Waals surface area (Å²) in [6, 6.07) is 3.15. The average molecular weight is 317 g/mol. The molecule has 3 heterocycles. The maximum absolute atomic E-state index is 14.8. The van der Waals surface area contributed by atoms with Gasteiger partial charge >= 0.3 is 0 Å². The molecule has 2 fully saturated rings. The van der Waals surface area contributed by atoms with Crippen molar-refractivity contribution in [2.75, 3.05) is 18.0 Å². The van der Waals surface area contributed by atoms with E-state index in [1.165, 1.54) is 12.3 Å². The van der Waals surface area contributed by atoms with Crippen molar-refractivity contribution < 1.29 is 18.4 Å². The van der Waals surface area contributed by atoms with Crippen LogP contribution in [0.4, 0.5) is 10.1 Å². The molecule has 120 valence electrons. The number of imide groups is 1. The summed E-state index contributed by atoms with van der Waals surface area (Å²) in [4.78, 5) is 25.4. The van der Waals surface area contributed by atoms with Crippen molar-refractivity contribution in [3.05, 3.63) is 29.8 Å². The number of carbonyl (C=O) groups is 2. The Labute approximate surface area is 131 Å². The first-order valence-electron chi connectivity index (χ1n) is 7.58. The van der Waals surface area contributed by atoms with E-state index in [0.717, 1.165) is 0 Å². The second-order valence-corrected chi connectivity index (χ2v) is 6.12. The molecule has 0 unspecified atom stereocenters. The molecule has 23 heavy (non-hydrogen) atoms. The van der Waals surface area contributed by atoms with Crippen molar-refractivity contribution in [1.29, 1.82) is 0 Å². The third-order valence-corrected chi connectivity index (χ3v) is 4.55. The fraction of sp³-hybridized carbons (Fsp3) is 0.375. The smallest absolute Gasteiger partial charge is 0.234 e. The predicted molar refractivity (Wildman–Crippen MR) is 81.5 cm³/mol. The standard InChI is InChI=1S/C16H16FN3O3/c17-11-5-12(20-6-8(18)7-20)15-9(3-4-23-15)14(11)10-1-2-13(21)19-16(10)22/h3-5,8,10H,1-2,6-7,18H2,(H,19,21,22)/t10-/m1/s1. The zero-order valence-electron chi connectivity index (χ0n) is 12.3.